The maximum Gasteiger partial charge on any atom is 0.165 e. The van der Waals surface area contributed by atoms with Crippen LogP contribution in [0.3, 0.4) is 0 Å². The zero-order valence-corrected chi connectivity index (χ0v) is 17.3. The van der Waals surface area contributed by atoms with Crippen LogP contribution in [-0.2, 0) is 16.1 Å². The standard InChI is InChI=1S/C21H24FN7O2/c1-30-14-9-28(10-14)20-17-21(29-3-2-4-31-11-16(29)25-17)27-18(26-20)12-5-15-13(6-22)8-24-19(15)23-7-12/h5,7-8,14,16,25H,2-4,6,9-11H2,1H3,(H,23,24). The largest absolute Gasteiger partial charge is 0.378 e. The second-order valence-electron chi connectivity index (χ2n) is 8.18. The molecule has 0 aliphatic carbocycles. The highest BCUT2D eigenvalue weighted by Gasteiger charge is 2.38. The van der Waals surface area contributed by atoms with Gasteiger partial charge in [0.25, 0.3) is 0 Å². The number of H-pyrrole nitrogens is 1. The summed E-state index contributed by atoms with van der Waals surface area (Å²) in [5, 5.41) is 4.33. The Bertz CT molecular complexity index is 1130. The van der Waals surface area contributed by atoms with Crippen LogP contribution in [0.25, 0.3) is 22.4 Å². The fraction of sp³-hybridized carbons (Fsp3) is 0.476. The summed E-state index contributed by atoms with van der Waals surface area (Å²) >= 11 is 0. The van der Waals surface area contributed by atoms with Crippen molar-refractivity contribution < 1.29 is 13.9 Å². The van der Waals surface area contributed by atoms with Gasteiger partial charge in [-0.3, -0.25) is 0 Å². The molecule has 0 spiro atoms. The number of anilines is 3. The minimum atomic E-state index is -0.549. The van der Waals surface area contributed by atoms with Crippen LogP contribution in [0.15, 0.2) is 18.5 Å². The van der Waals surface area contributed by atoms with Crippen LogP contribution in [0.1, 0.15) is 12.0 Å². The summed E-state index contributed by atoms with van der Waals surface area (Å²) in [6, 6.07) is 1.92. The zero-order chi connectivity index (χ0) is 20.9. The molecule has 2 fully saturated rings. The lowest BCUT2D eigenvalue weighted by molar-refractivity contribution is 0.0784. The average Bonchev–Trinajstić information content (AvgIpc) is 3.25. The molecule has 3 aliphatic rings. The van der Waals surface area contributed by atoms with Gasteiger partial charge < -0.3 is 29.6 Å². The average molecular weight is 425 g/mol. The van der Waals surface area contributed by atoms with Crippen molar-refractivity contribution in [3.8, 4) is 11.4 Å². The minimum Gasteiger partial charge on any atom is -0.378 e. The lowest BCUT2D eigenvalue weighted by Gasteiger charge is -2.39. The normalized spacial score (nSPS) is 20.9. The van der Waals surface area contributed by atoms with Crippen molar-refractivity contribution in [1.82, 2.24) is 19.9 Å². The summed E-state index contributed by atoms with van der Waals surface area (Å²) in [4.78, 5) is 21.8. The second-order valence-corrected chi connectivity index (χ2v) is 8.18. The van der Waals surface area contributed by atoms with E-state index in [0.717, 1.165) is 60.9 Å². The van der Waals surface area contributed by atoms with Gasteiger partial charge in [-0.2, -0.15) is 0 Å². The fourth-order valence-electron chi connectivity index (χ4n) is 4.50. The first kappa shape index (κ1) is 18.8. The Morgan fingerprint density at radius 1 is 1.29 bits per heavy atom. The molecule has 9 nitrogen and oxygen atoms in total. The number of hydrogen-bond acceptors (Lipinski definition) is 8. The van der Waals surface area contributed by atoms with E-state index in [9.17, 15) is 4.39 Å². The number of hydrogen-bond donors (Lipinski definition) is 2. The van der Waals surface area contributed by atoms with Crippen LogP contribution < -0.4 is 15.1 Å². The van der Waals surface area contributed by atoms with Crippen LogP contribution in [0.2, 0.25) is 0 Å². The molecular weight excluding hydrogens is 401 g/mol. The van der Waals surface area contributed by atoms with E-state index in [4.69, 9.17) is 19.4 Å². The molecule has 0 bridgehead atoms. The van der Waals surface area contributed by atoms with Crippen molar-refractivity contribution in [3.63, 3.8) is 0 Å². The first-order chi connectivity index (χ1) is 15.2. The number of halogens is 1. The predicted molar refractivity (Wildman–Crippen MR) is 115 cm³/mol. The van der Waals surface area contributed by atoms with Gasteiger partial charge in [0.05, 0.1) is 12.7 Å². The molecule has 3 aromatic heterocycles. The summed E-state index contributed by atoms with van der Waals surface area (Å²) in [7, 11) is 1.73. The molecule has 10 heteroatoms. The number of aromatic amines is 1. The Balaban J connectivity index is 1.46. The van der Waals surface area contributed by atoms with Gasteiger partial charge in [0, 0.05) is 62.3 Å². The lowest BCUT2D eigenvalue weighted by Crippen LogP contribution is -2.52. The van der Waals surface area contributed by atoms with Crippen molar-refractivity contribution in [1.29, 1.82) is 0 Å². The van der Waals surface area contributed by atoms with Gasteiger partial charge in [-0.1, -0.05) is 0 Å². The number of rotatable bonds is 4. The second kappa shape index (κ2) is 7.31. The first-order valence-electron chi connectivity index (χ1n) is 10.6. The topological polar surface area (TPSA) is 91.4 Å². The molecule has 1 unspecified atom stereocenters. The molecule has 162 valence electrons. The number of ether oxygens (including phenoxy) is 2. The van der Waals surface area contributed by atoms with Crippen LogP contribution >= 0.6 is 0 Å². The number of pyridine rings is 1. The van der Waals surface area contributed by atoms with Gasteiger partial charge in [-0.15, -0.1) is 0 Å². The van der Waals surface area contributed by atoms with Gasteiger partial charge >= 0.3 is 0 Å². The Hall–Kier alpha value is -2.98. The molecular formula is C21H24FN7O2. The third kappa shape index (κ3) is 3.01. The molecule has 0 saturated carbocycles. The number of nitrogens with one attached hydrogen (secondary N) is 2. The molecule has 6 rings (SSSR count). The number of aromatic nitrogens is 4. The van der Waals surface area contributed by atoms with E-state index in [1.807, 2.05) is 6.07 Å². The van der Waals surface area contributed by atoms with E-state index in [2.05, 4.69) is 25.1 Å². The highest BCUT2D eigenvalue weighted by molar-refractivity contribution is 5.87. The van der Waals surface area contributed by atoms with Gasteiger partial charge in [0.15, 0.2) is 17.5 Å². The molecule has 31 heavy (non-hydrogen) atoms. The molecule has 0 amide bonds. The van der Waals surface area contributed by atoms with E-state index in [1.165, 1.54) is 0 Å². The summed E-state index contributed by atoms with van der Waals surface area (Å²) in [5.41, 5.74) is 2.95. The van der Waals surface area contributed by atoms with Crippen molar-refractivity contribution in [2.75, 3.05) is 55.1 Å². The van der Waals surface area contributed by atoms with Crippen LogP contribution in [0.4, 0.5) is 21.7 Å². The Kier molecular flexibility index (Phi) is 4.43. The van der Waals surface area contributed by atoms with Gasteiger partial charge in [0.2, 0.25) is 0 Å². The molecule has 0 radical (unpaired) electrons. The summed E-state index contributed by atoms with van der Waals surface area (Å²) in [6.07, 6.45) is 4.59. The summed E-state index contributed by atoms with van der Waals surface area (Å²) < 4.78 is 24.6. The van der Waals surface area contributed by atoms with E-state index in [1.54, 1.807) is 19.5 Å². The third-order valence-electron chi connectivity index (χ3n) is 6.29. The smallest absolute Gasteiger partial charge is 0.165 e. The molecule has 1 atom stereocenters. The molecule has 3 aromatic rings. The Morgan fingerprint density at radius 2 is 2.16 bits per heavy atom. The molecule has 3 aliphatic heterocycles. The zero-order valence-electron chi connectivity index (χ0n) is 17.3. The SMILES string of the molecule is COC1CN(c2nc(-c3cnc4[nH]cc(CF)c4c3)nc3c2NC2COCCCN32)C1. The summed E-state index contributed by atoms with van der Waals surface area (Å²) in [5.74, 6) is 2.33. The number of nitrogens with zero attached hydrogens (tertiary/aromatic N) is 5. The minimum absolute atomic E-state index is 0.0451. The molecule has 2 saturated heterocycles. The third-order valence-corrected chi connectivity index (χ3v) is 6.29. The quantitative estimate of drug-likeness (QED) is 0.658. The number of methoxy groups -OCH3 is 1. The van der Waals surface area contributed by atoms with Crippen LogP contribution in [0.5, 0.6) is 0 Å². The van der Waals surface area contributed by atoms with E-state index >= 15 is 0 Å². The number of alkyl halides is 1. The highest BCUT2D eigenvalue weighted by Crippen LogP contribution is 2.43. The molecule has 2 N–H and O–H groups in total. The van der Waals surface area contributed by atoms with Crippen molar-refractivity contribution in [3.05, 3.63) is 24.0 Å². The van der Waals surface area contributed by atoms with E-state index in [-0.39, 0.29) is 12.3 Å². The van der Waals surface area contributed by atoms with Gasteiger partial charge in [-0.05, 0) is 12.5 Å². The fourth-order valence-corrected chi connectivity index (χ4v) is 4.50. The monoisotopic (exact) mass is 425 g/mol. The lowest BCUT2D eigenvalue weighted by atomic mass is 10.1. The Labute approximate surface area is 178 Å². The van der Waals surface area contributed by atoms with Crippen molar-refractivity contribution >= 4 is 28.4 Å². The highest BCUT2D eigenvalue weighted by atomic mass is 19.1. The van der Waals surface area contributed by atoms with Crippen LogP contribution in [-0.4, -0.2) is 72.2 Å². The predicted octanol–water partition coefficient (Wildman–Crippen LogP) is 2.30. The maximum atomic E-state index is 13.4. The van der Waals surface area contributed by atoms with E-state index < -0.39 is 6.67 Å². The molecule has 0 aromatic carbocycles. The molecule has 6 heterocycles. The maximum absolute atomic E-state index is 13.4. The van der Waals surface area contributed by atoms with Gasteiger partial charge in [-0.25, -0.2) is 19.3 Å². The first-order valence-corrected chi connectivity index (χ1v) is 10.6. The van der Waals surface area contributed by atoms with Crippen LogP contribution in [0, 0.1) is 0 Å². The van der Waals surface area contributed by atoms with E-state index in [0.29, 0.717) is 23.6 Å². The number of fused-ring (bicyclic) bond motifs is 4. The van der Waals surface area contributed by atoms with Crippen molar-refractivity contribution in [2.45, 2.75) is 25.4 Å². The van der Waals surface area contributed by atoms with Crippen molar-refractivity contribution in [2.24, 2.45) is 0 Å². The Morgan fingerprint density at radius 3 is 3.00 bits per heavy atom. The van der Waals surface area contributed by atoms with Gasteiger partial charge in [0.1, 0.15) is 24.2 Å². The summed E-state index contributed by atoms with van der Waals surface area (Å²) in [6.45, 7) is 3.22.